The molecule has 1 aromatic rings. The molecule has 2 rings (SSSR count). The zero-order valence-electron chi connectivity index (χ0n) is 10.7. The maximum Gasteiger partial charge on any atom is 0.0700 e. The molecule has 0 fully saturated rings. The van der Waals surface area contributed by atoms with Gasteiger partial charge in [0, 0.05) is 19.7 Å². The van der Waals surface area contributed by atoms with Gasteiger partial charge in [-0.25, -0.2) is 0 Å². The Balaban J connectivity index is 1.76. The second kappa shape index (κ2) is 7.10. The minimum absolute atomic E-state index is 0.140. The molecule has 0 heterocycles. The van der Waals surface area contributed by atoms with Crippen LogP contribution in [0.4, 0.5) is 0 Å². The molecular weight excluding hydrogens is 250 g/mol. The molecule has 1 aromatic carbocycles. The number of alkyl halides is 1. The fourth-order valence-electron chi connectivity index (χ4n) is 2.32. The van der Waals surface area contributed by atoms with Gasteiger partial charge < -0.3 is 14.8 Å². The Labute approximate surface area is 113 Å². The number of fused-ring (bicyclic) bond motifs is 1. The predicted molar refractivity (Wildman–Crippen MR) is 73.2 cm³/mol. The quantitative estimate of drug-likeness (QED) is 0.608. The van der Waals surface area contributed by atoms with Gasteiger partial charge in [0.25, 0.3) is 0 Å². The summed E-state index contributed by atoms with van der Waals surface area (Å²) < 4.78 is 10.3. The smallest absolute Gasteiger partial charge is 0.0700 e. The molecule has 0 radical (unpaired) electrons. The summed E-state index contributed by atoms with van der Waals surface area (Å²) in [5.41, 5.74) is 2.68. The van der Waals surface area contributed by atoms with Crippen LogP contribution in [0.2, 0.25) is 0 Å². The van der Waals surface area contributed by atoms with Crippen LogP contribution >= 0.6 is 11.6 Å². The van der Waals surface area contributed by atoms with E-state index < -0.39 is 0 Å². The van der Waals surface area contributed by atoms with Gasteiger partial charge in [0.05, 0.1) is 25.2 Å². The average molecular weight is 270 g/mol. The average Bonchev–Trinajstić information content (AvgIpc) is 2.70. The molecule has 0 saturated heterocycles. The lowest BCUT2D eigenvalue weighted by Gasteiger charge is -2.17. The Morgan fingerprint density at radius 2 is 2.11 bits per heavy atom. The first-order valence-electron chi connectivity index (χ1n) is 6.35. The van der Waals surface area contributed by atoms with Crippen molar-refractivity contribution in [2.45, 2.75) is 17.8 Å². The van der Waals surface area contributed by atoms with E-state index in [1.807, 2.05) is 0 Å². The van der Waals surface area contributed by atoms with Crippen LogP contribution in [-0.4, -0.2) is 38.9 Å². The SMILES string of the molecule is COCCOCCNC1c2ccccc2CC1Cl. The number of hydrogen-bond acceptors (Lipinski definition) is 3. The van der Waals surface area contributed by atoms with Crippen molar-refractivity contribution in [3.05, 3.63) is 35.4 Å². The largest absolute Gasteiger partial charge is 0.382 e. The third-order valence-corrected chi connectivity index (χ3v) is 3.62. The minimum atomic E-state index is 0.140. The lowest BCUT2D eigenvalue weighted by atomic mass is 10.1. The number of halogens is 1. The van der Waals surface area contributed by atoms with E-state index in [0.29, 0.717) is 19.8 Å². The second-order valence-corrected chi connectivity index (χ2v) is 5.02. The first kappa shape index (κ1) is 13.8. The summed E-state index contributed by atoms with van der Waals surface area (Å²) in [6.07, 6.45) is 0.944. The van der Waals surface area contributed by atoms with Crippen LogP contribution in [0.1, 0.15) is 17.2 Å². The lowest BCUT2D eigenvalue weighted by Crippen LogP contribution is -2.29. The lowest BCUT2D eigenvalue weighted by molar-refractivity contribution is 0.0711. The van der Waals surface area contributed by atoms with Gasteiger partial charge in [-0.15, -0.1) is 11.6 Å². The van der Waals surface area contributed by atoms with E-state index >= 15 is 0 Å². The Kier molecular flexibility index (Phi) is 5.45. The normalized spacial score (nSPS) is 22.1. The van der Waals surface area contributed by atoms with Crippen LogP contribution < -0.4 is 5.32 Å². The van der Waals surface area contributed by atoms with Crippen LogP contribution in [0, 0.1) is 0 Å². The van der Waals surface area contributed by atoms with Gasteiger partial charge in [0.1, 0.15) is 0 Å². The number of rotatable bonds is 7. The highest BCUT2D eigenvalue weighted by Gasteiger charge is 2.29. The first-order chi connectivity index (χ1) is 8.83. The van der Waals surface area contributed by atoms with E-state index in [1.54, 1.807) is 7.11 Å². The molecule has 0 bridgehead atoms. The van der Waals surface area contributed by atoms with Gasteiger partial charge in [0.15, 0.2) is 0 Å². The summed E-state index contributed by atoms with van der Waals surface area (Å²) >= 11 is 6.38. The van der Waals surface area contributed by atoms with Crippen LogP contribution in [0.5, 0.6) is 0 Å². The number of hydrogen-bond donors (Lipinski definition) is 1. The van der Waals surface area contributed by atoms with Crippen molar-refractivity contribution in [3.63, 3.8) is 0 Å². The number of nitrogens with one attached hydrogen (secondary N) is 1. The van der Waals surface area contributed by atoms with Gasteiger partial charge in [-0.2, -0.15) is 0 Å². The molecule has 1 N–H and O–H groups in total. The monoisotopic (exact) mass is 269 g/mol. The highest BCUT2D eigenvalue weighted by molar-refractivity contribution is 6.21. The third-order valence-electron chi connectivity index (χ3n) is 3.21. The summed E-state index contributed by atoms with van der Waals surface area (Å²) in [4.78, 5) is 0. The van der Waals surface area contributed by atoms with Crippen molar-refractivity contribution in [2.75, 3.05) is 33.5 Å². The maximum atomic E-state index is 6.38. The van der Waals surface area contributed by atoms with Gasteiger partial charge in [0.2, 0.25) is 0 Å². The summed E-state index contributed by atoms with van der Waals surface area (Å²) in [6, 6.07) is 8.69. The Hall–Kier alpha value is -0.610. The van der Waals surface area contributed by atoms with E-state index in [1.165, 1.54) is 11.1 Å². The summed E-state index contributed by atoms with van der Waals surface area (Å²) in [5.74, 6) is 0. The van der Waals surface area contributed by atoms with E-state index in [0.717, 1.165) is 13.0 Å². The minimum Gasteiger partial charge on any atom is -0.382 e. The van der Waals surface area contributed by atoms with Crippen molar-refractivity contribution in [3.8, 4) is 0 Å². The van der Waals surface area contributed by atoms with E-state index in [2.05, 4.69) is 29.6 Å². The summed E-state index contributed by atoms with van der Waals surface area (Å²) in [5, 5.41) is 3.61. The molecule has 4 heteroatoms. The fourth-order valence-corrected chi connectivity index (χ4v) is 2.71. The van der Waals surface area contributed by atoms with Crippen molar-refractivity contribution in [1.29, 1.82) is 0 Å². The molecule has 2 unspecified atom stereocenters. The zero-order chi connectivity index (χ0) is 12.8. The Bertz CT molecular complexity index is 373. The van der Waals surface area contributed by atoms with Crippen LogP contribution in [0.15, 0.2) is 24.3 Å². The molecule has 1 aliphatic carbocycles. The standard InChI is InChI=1S/C14H20ClNO2/c1-17-8-9-18-7-6-16-14-12-5-3-2-4-11(12)10-13(14)15/h2-5,13-14,16H,6-10H2,1H3. The van der Waals surface area contributed by atoms with Crippen LogP contribution in [0.25, 0.3) is 0 Å². The highest BCUT2D eigenvalue weighted by Crippen LogP contribution is 2.34. The molecule has 0 aromatic heterocycles. The zero-order valence-corrected chi connectivity index (χ0v) is 11.5. The molecule has 3 nitrogen and oxygen atoms in total. The number of methoxy groups -OCH3 is 1. The molecule has 0 amide bonds. The van der Waals surface area contributed by atoms with Gasteiger partial charge in [-0.05, 0) is 17.5 Å². The summed E-state index contributed by atoms with van der Waals surface area (Å²) in [7, 11) is 1.68. The van der Waals surface area contributed by atoms with Gasteiger partial charge in [-0.1, -0.05) is 24.3 Å². The molecular formula is C14H20ClNO2. The summed E-state index contributed by atoms with van der Waals surface area (Å²) in [6.45, 7) is 2.78. The van der Waals surface area contributed by atoms with Crippen molar-refractivity contribution in [2.24, 2.45) is 0 Å². The molecule has 2 atom stereocenters. The van der Waals surface area contributed by atoms with Crippen LogP contribution in [-0.2, 0) is 15.9 Å². The molecule has 0 aliphatic heterocycles. The Morgan fingerprint density at radius 1 is 1.28 bits per heavy atom. The van der Waals surface area contributed by atoms with E-state index in [9.17, 15) is 0 Å². The first-order valence-corrected chi connectivity index (χ1v) is 6.78. The molecule has 0 saturated carbocycles. The highest BCUT2D eigenvalue weighted by atomic mass is 35.5. The van der Waals surface area contributed by atoms with Crippen molar-refractivity contribution < 1.29 is 9.47 Å². The number of ether oxygens (including phenoxy) is 2. The van der Waals surface area contributed by atoms with E-state index in [-0.39, 0.29) is 11.4 Å². The molecule has 100 valence electrons. The molecule has 0 spiro atoms. The second-order valence-electron chi connectivity index (χ2n) is 4.46. The van der Waals surface area contributed by atoms with Crippen molar-refractivity contribution in [1.82, 2.24) is 5.32 Å². The van der Waals surface area contributed by atoms with Crippen molar-refractivity contribution >= 4 is 11.6 Å². The van der Waals surface area contributed by atoms with E-state index in [4.69, 9.17) is 21.1 Å². The number of benzene rings is 1. The predicted octanol–water partition coefficient (Wildman–Crippen LogP) is 2.14. The Morgan fingerprint density at radius 3 is 2.94 bits per heavy atom. The topological polar surface area (TPSA) is 30.5 Å². The third kappa shape index (κ3) is 3.45. The fraction of sp³-hybridized carbons (Fsp3) is 0.571. The molecule has 1 aliphatic rings. The van der Waals surface area contributed by atoms with Gasteiger partial charge >= 0.3 is 0 Å². The molecule has 18 heavy (non-hydrogen) atoms. The maximum absolute atomic E-state index is 6.38. The van der Waals surface area contributed by atoms with Gasteiger partial charge in [-0.3, -0.25) is 0 Å². The van der Waals surface area contributed by atoms with Crippen LogP contribution in [0.3, 0.4) is 0 Å².